The van der Waals surface area contributed by atoms with Gasteiger partial charge in [-0.1, -0.05) is 30.3 Å². The van der Waals surface area contributed by atoms with Crippen LogP contribution in [-0.4, -0.2) is 51.6 Å². The molecule has 0 spiro atoms. The van der Waals surface area contributed by atoms with E-state index in [2.05, 4.69) is 20.9 Å². The van der Waals surface area contributed by atoms with Gasteiger partial charge in [0.05, 0.1) is 13.7 Å². The van der Waals surface area contributed by atoms with Gasteiger partial charge in [-0.05, 0) is 37.9 Å². The van der Waals surface area contributed by atoms with Gasteiger partial charge in [0, 0.05) is 31.4 Å². The first kappa shape index (κ1) is 21.2. The SMILES string of the molecule is CN=C(NCc1cccc(NC(=O)CN(C)C)c1)NCc1ccccc1OC. The Hall–Kier alpha value is -3.06. The molecule has 150 valence electrons. The summed E-state index contributed by atoms with van der Waals surface area (Å²) in [6.45, 7) is 1.54. The van der Waals surface area contributed by atoms with E-state index in [0.717, 1.165) is 22.6 Å². The fourth-order valence-electron chi connectivity index (χ4n) is 2.68. The van der Waals surface area contributed by atoms with Crippen LogP contribution in [0.3, 0.4) is 0 Å². The van der Waals surface area contributed by atoms with E-state index in [1.54, 1.807) is 14.2 Å². The number of rotatable bonds is 8. The highest BCUT2D eigenvalue weighted by Gasteiger charge is 2.06. The molecule has 0 saturated carbocycles. The number of nitrogens with zero attached hydrogens (tertiary/aromatic N) is 2. The van der Waals surface area contributed by atoms with E-state index < -0.39 is 0 Å². The van der Waals surface area contributed by atoms with Crippen LogP contribution in [0.1, 0.15) is 11.1 Å². The van der Waals surface area contributed by atoms with Gasteiger partial charge in [0.2, 0.25) is 5.91 Å². The lowest BCUT2D eigenvalue weighted by Gasteiger charge is -2.14. The summed E-state index contributed by atoms with van der Waals surface area (Å²) in [5.41, 5.74) is 2.88. The molecule has 0 aliphatic rings. The van der Waals surface area contributed by atoms with Crippen molar-refractivity contribution in [3.8, 4) is 5.75 Å². The van der Waals surface area contributed by atoms with Crippen molar-refractivity contribution in [1.82, 2.24) is 15.5 Å². The van der Waals surface area contributed by atoms with Gasteiger partial charge >= 0.3 is 0 Å². The Bertz CT molecular complexity index is 805. The molecule has 0 fully saturated rings. The van der Waals surface area contributed by atoms with Gasteiger partial charge in [0.25, 0.3) is 0 Å². The van der Waals surface area contributed by atoms with E-state index in [-0.39, 0.29) is 5.91 Å². The maximum absolute atomic E-state index is 11.9. The summed E-state index contributed by atoms with van der Waals surface area (Å²) >= 11 is 0. The number of likely N-dealkylation sites (N-methyl/N-ethyl adjacent to an activating group) is 1. The molecule has 7 heteroatoms. The third-order valence-electron chi connectivity index (χ3n) is 3.99. The first-order valence-corrected chi connectivity index (χ1v) is 9.11. The van der Waals surface area contributed by atoms with Crippen molar-refractivity contribution in [2.75, 3.05) is 40.1 Å². The first-order valence-electron chi connectivity index (χ1n) is 9.11. The number of guanidine groups is 1. The predicted molar refractivity (Wildman–Crippen MR) is 114 cm³/mol. The van der Waals surface area contributed by atoms with E-state index in [0.29, 0.717) is 25.6 Å². The van der Waals surface area contributed by atoms with Gasteiger partial charge < -0.3 is 25.6 Å². The van der Waals surface area contributed by atoms with Gasteiger partial charge in [0.1, 0.15) is 5.75 Å². The number of carbonyl (C=O) groups is 1. The van der Waals surface area contributed by atoms with Crippen molar-refractivity contribution in [2.24, 2.45) is 4.99 Å². The molecule has 0 aliphatic heterocycles. The quantitative estimate of drug-likeness (QED) is 0.480. The summed E-state index contributed by atoms with van der Waals surface area (Å²) in [6, 6.07) is 15.6. The Morgan fingerprint density at radius 2 is 1.82 bits per heavy atom. The third kappa shape index (κ3) is 6.92. The molecule has 0 aliphatic carbocycles. The van der Waals surface area contributed by atoms with Crippen LogP contribution in [0.4, 0.5) is 5.69 Å². The van der Waals surface area contributed by atoms with E-state index in [1.165, 1.54) is 0 Å². The number of ether oxygens (including phenoxy) is 1. The van der Waals surface area contributed by atoms with Crippen molar-refractivity contribution in [2.45, 2.75) is 13.1 Å². The Morgan fingerprint density at radius 3 is 2.54 bits per heavy atom. The van der Waals surface area contributed by atoms with Crippen molar-refractivity contribution in [1.29, 1.82) is 0 Å². The first-order chi connectivity index (χ1) is 13.5. The van der Waals surface area contributed by atoms with E-state index in [9.17, 15) is 4.79 Å². The number of carbonyl (C=O) groups excluding carboxylic acids is 1. The minimum Gasteiger partial charge on any atom is -0.496 e. The molecule has 0 heterocycles. The smallest absolute Gasteiger partial charge is 0.238 e. The second kappa shape index (κ2) is 10.9. The summed E-state index contributed by atoms with van der Waals surface area (Å²) in [6.07, 6.45) is 0. The normalized spacial score (nSPS) is 11.2. The van der Waals surface area contributed by atoms with Crippen LogP contribution in [0.25, 0.3) is 0 Å². The molecule has 0 saturated heterocycles. The number of benzene rings is 2. The topological polar surface area (TPSA) is 78.0 Å². The van der Waals surface area contributed by atoms with E-state index in [1.807, 2.05) is 67.5 Å². The molecule has 7 nitrogen and oxygen atoms in total. The Labute approximate surface area is 166 Å². The molecule has 0 aromatic heterocycles. The summed E-state index contributed by atoms with van der Waals surface area (Å²) in [5.74, 6) is 1.49. The average molecular weight is 383 g/mol. The molecule has 2 rings (SSSR count). The van der Waals surface area contributed by atoms with Crippen LogP contribution in [0.15, 0.2) is 53.5 Å². The van der Waals surface area contributed by atoms with Crippen LogP contribution < -0.4 is 20.7 Å². The molecule has 2 aromatic carbocycles. The molecular formula is C21H29N5O2. The molecule has 0 atom stereocenters. The molecule has 0 unspecified atom stereocenters. The van der Waals surface area contributed by atoms with Gasteiger partial charge in [-0.3, -0.25) is 9.79 Å². The summed E-state index contributed by atoms with van der Waals surface area (Å²) < 4.78 is 5.37. The van der Waals surface area contributed by atoms with E-state index in [4.69, 9.17) is 4.74 Å². The molecular weight excluding hydrogens is 354 g/mol. The average Bonchev–Trinajstić information content (AvgIpc) is 2.68. The van der Waals surface area contributed by atoms with Crippen LogP contribution in [0.5, 0.6) is 5.75 Å². The standard InChI is InChI=1S/C21H29N5O2/c1-22-21(24-14-17-9-5-6-11-19(17)28-4)23-13-16-8-7-10-18(12-16)25-20(27)15-26(2)3/h5-12H,13-15H2,1-4H3,(H,25,27)(H2,22,23,24). The number of nitrogens with one attached hydrogen (secondary N) is 3. The fraction of sp³-hybridized carbons (Fsp3) is 0.333. The van der Waals surface area contributed by atoms with Gasteiger partial charge in [-0.25, -0.2) is 0 Å². The number of amides is 1. The van der Waals surface area contributed by atoms with Crippen molar-refractivity contribution < 1.29 is 9.53 Å². The second-order valence-corrected chi connectivity index (χ2v) is 6.58. The highest BCUT2D eigenvalue weighted by Crippen LogP contribution is 2.16. The highest BCUT2D eigenvalue weighted by atomic mass is 16.5. The van der Waals surface area contributed by atoms with Crippen molar-refractivity contribution in [3.63, 3.8) is 0 Å². The van der Waals surface area contributed by atoms with Crippen LogP contribution in [0.2, 0.25) is 0 Å². The summed E-state index contributed by atoms with van der Waals surface area (Å²) in [7, 11) is 7.12. The maximum Gasteiger partial charge on any atom is 0.238 e. The zero-order valence-corrected chi connectivity index (χ0v) is 17.0. The Kier molecular flexibility index (Phi) is 8.30. The van der Waals surface area contributed by atoms with Gasteiger partial charge in [0.15, 0.2) is 5.96 Å². The predicted octanol–water partition coefficient (Wildman–Crippen LogP) is 2.06. The number of methoxy groups -OCH3 is 1. The Morgan fingerprint density at radius 1 is 1.07 bits per heavy atom. The largest absolute Gasteiger partial charge is 0.496 e. The minimum absolute atomic E-state index is 0.0376. The van der Waals surface area contributed by atoms with Crippen LogP contribution >= 0.6 is 0 Å². The molecule has 1 amide bonds. The third-order valence-corrected chi connectivity index (χ3v) is 3.99. The minimum atomic E-state index is -0.0376. The van der Waals surface area contributed by atoms with E-state index >= 15 is 0 Å². The van der Waals surface area contributed by atoms with Crippen molar-refractivity contribution in [3.05, 3.63) is 59.7 Å². The molecule has 2 aromatic rings. The lowest BCUT2D eigenvalue weighted by atomic mass is 10.2. The zero-order valence-electron chi connectivity index (χ0n) is 17.0. The van der Waals surface area contributed by atoms with Crippen LogP contribution in [0, 0.1) is 0 Å². The lowest BCUT2D eigenvalue weighted by molar-refractivity contribution is -0.116. The monoisotopic (exact) mass is 383 g/mol. The van der Waals surface area contributed by atoms with Crippen LogP contribution in [-0.2, 0) is 17.9 Å². The zero-order chi connectivity index (χ0) is 20.4. The van der Waals surface area contributed by atoms with Gasteiger partial charge in [-0.2, -0.15) is 0 Å². The number of para-hydroxylation sites is 1. The summed E-state index contributed by atoms with van der Waals surface area (Å²) in [5, 5.41) is 9.47. The number of aliphatic imine (C=N–C) groups is 1. The van der Waals surface area contributed by atoms with Gasteiger partial charge in [-0.15, -0.1) is 0 Å². The fourth-order valence-corrected chi connectivity index (χ4v) is 2.68. The summed E-state index contributed by atoms with van der Waals surface area (Å²) in [4.78, 5) is 18.0. The maximum atomic E-state index is 11.9. The molecule has 0 bridgehead atoms. The van der Waals surface area contributed by atoms with Crippen molar-refractivity contribution >= 4 is 17.6 Å². The Balaban J connectivity index is 1.89. The molecule has 3 N–H and O–H groups in total. The number of anilines is 1. The molecule has 28 heavy (non-hydrogen) atoms. The highest BCUT2D eigenvalue weighted by molar-refractivity contribution is 5.92. The lowest BCUT2D eigenvalue weighted by Crippen LogP contribution is -2.36. The molecule has 0 radical (unpaired) electrons. The second-order valence-electron chi connectivity index (χ2n) is 6.58. The number of hydrogen-bond donors (Lipinski definition) is 3. The number of hydrogen-bond acceptors (Lipinski definition) is 4.